The van der Waals surface area contributed by atoms with Gasteiger partial charge in [-0.2, -0.15) is 0 Å². The number of thiocarbonyl (C=S) groups is 1. The van der Waals surface area contributed by atoms with E-state index in [4.69, 9.17) is 21.7 Å². The molecule has 1 aliphatic rings. The molecule has 1 saturated heterocycles. The summed E-state index contributed by atoms with van der Waals surface area (Å²) in [7, 11) is 3.30. The number of rotatable bonds is 6. The van der Waals surface area contributed by atoms with Crippen molar-refractivity contribution in [3.8, 4) is 11.5 Å². The molecule has 0 spiro atoms. The predicted molar refractivity (Wildman–Crippen MR) is 132 cm³/mol. The minimum atomic E-state index is -0.195. The highest BCUT2D eigenvalue weighted by atomic mass is 32.1. The Morgan fingerprint density at radius 1 is 1.00 bits per heavy atom. The molecular weight excluding hydrogens is 450 g/mol. The van der Waals surface area contributed by atoms with Gasteiger partial charge in [-0.3, -0.25) is 9.66 Å². The minimum absolute atomic E-state index is 0.181. The summed E-state index contributed by atoms with van der Waals surface area (Å²) in [5, 5.41) is 12.0. The normalized spacial score (nSPS) is 17.6. The van der Waals surface area contributed by atoms with E-state index in [0.717, 1.165) is 28.3 Å². The van der Waals surface area contributed by atoms with Crippen molar-refractivity contribution < 1.29 is 9.47 Å². The van der Waals surface area contributed by atoms with Gasteiger partial charge >= 0.3 is 0 Å². The van der Waals surface area contributed by atoms with Gasteiger partial charge in [-0.1, -0.05) is 6.07 Å². The molecule has 1 aliphatic heterocycles. The number of hydrogen-bond acceptors (Lipinski definition) is 6. The minimum Gasteiger partial charge on any atom is -0.497 e. The van der Waals surface area contributed by atoms with Crippen LogP contribution in [0.25, 0.3) is 0 Å². The quantitative estimate of drug-likeness (QED) is 0.424. The summed E-state index contributed by atoms with van der Waals surface area (Å²) in [5.74, 6) is 1.41. The second-order valence-electron chi connectivity index (χ2n) is 8.01. The van der Waals surface area contributed by atoms with E-state index in [0.29, 0.717) is 16.6 Å². The van der Waals surface area contributed by atoms with Gasteiger partial charge in [-0.25, -0.2) is 4.68 Å². The molecule has 3 aromatic heterocycles. The van der Waals surface area contributed by atoms with Crippen LogP contribution in [0.1, 0.15) is 34.7 Å². The van der Waals surface area contributed by atoms with Gasteiger partial charge in [0.15, 0.2) is 5.11 Å². The third-order valence-corrected chi connectivity index (χ3v) is 6.45. The first-order valence-corrected chi connectivity index (χ1v) is 11.2. The molecule has 1 N–H and O–H groups in total. The van der Waals surface area contributed by atoms with Crippen LogP contribution in [0.4, 0.5) is 5.69 Å². The average Bonchev–Trinajstić information content (AvgIpc) is 3.57. The van der Waals surface area contributed by atoms with Gasteiger partial charge in [0.25, 0.3) is 0 Å². The fraction of sp³-hybridized carbons (Fsp3) is 0.250. The van der Waals surface area contributed by atoms with E-state index in [-0.39, 0.29) is 12.1 Å². The third-order valence-electron chi connectivity index (χ3n) is 6.13. The Morgan fingerprint density at radius 3 is 2.47 bits per heavy atom. The summed E-state index contributed by atoms with van der Waals surface area (Å²) in [6, 6.07) is 13.4. The maximum atomic E-state index is 5.88. The van der Waals surface area contributed by atoms with E-state index < -0.39 is 0 Å². The lowest BCUT2D eigenvalue weighted by atomic mass is 9.96. The highest BCUT2D eigenvalue weighted by Crippen LogP contribution is 2.46. The van der Waals surface area contributed by atoms with Gasteiger partial charge in [0.1, 0.15) is 24.2 Å². The zero-order valence-corrected chi connectivity index (χ0v) is 20.2. The fourth-order valence-electron chi connectivity index (χ4n) is 4.65. The Hall–Kier alpha value is -3.92. The molecule has 0 unspecified atom stereocenters. The van der Waals surface area contributed by atoms with Crippen molar-refractivity contribution in [3.63, 3.8) is 0 Å². The van der Waals surface area contributed by atoms with E-state index in [9.17, 15) is 0 Å². The van der Waals surface area contributed by atoms with Crippen LogP contribution in [0.15, 0.2) is 61.3 Å². The van der Waals surface area contributed by atoms with Crippen LogP contribution in [-0.4, -0.2) is 43.9 Å². The van der Waals surface area contributed by atoms with Crippen LogP contribution in [-0.2, 0) is 0 Å². The number of methoxy groups -OCH3 is 2. The van der Waals surface area contributed by atoms with Gasteiger partial charge < -0.3 is 19.7 Å². The largest absolute Gasteiger partial charge is 0.497 e. The highest BCUT2D eigenvalue weighted by Gasteiger charge is 2.43. The molecule has 4 heterocycles. The van der Waals surface area contributed by atoms with Crippen LogP contribution >= 0.6 is 12.2 Å². The fourth-order valence-corrected chi connectivity index (χ4v) is 4.99. The number of aryl methyl sites for hydroxylation is 1. The smallest absolute Gasteiger partial charge is 0.174 e. The lowest BCUT2D eigenvalue weighted by Gasteiger charge is -2.29. The number of pyridine rings is 1. The van der Waals surface area contributed by atoms with Crippen molar-refractivity contribution in [1.82, 2.24) is 29.9 Å². The van der Waals surface area contributed by atoms with E-state index in [1.807, 2.05) is 41.1 Å². The second-order valence-corrected chi connectivity index (χ2v) is 8.40. The van der Waals surface area contributed by atoms with E-state index in [1.165, 1.54) is 0 Å². The third kappa shape index (κ3) is 3.56. The molecule has 1 aromatic carbocycles. The molecule has 0 bridgehead atoms. The summed E-state index contributed by atoms with van der Waals surface area (Å²) in [4.78, 5) is 6.74. The maximum Gasteiger partial charge on any atom is 0.174 e. The molecular formula is C24H25N7O2S. The number of benzene rings is 1. The van der Waals surface area contributed by atoms with Crippen LogP contribution in [0, 0.1) is 13.8 Å². The van der Waals surface area contributed by atoms with Gasteiger partial charge in [-0.15, -0.1) is 10.2 Å². The molecule has 34 heavy (non-hydrogen) atoms. The summed E-state index contributed by atoms with van der Waals surface area (Å²) in [6.07, 6.45) is 5.16. The van der Waals surface area contributed by atoms with Crippen LogP contribution in [0.5, 0.6) is 11.5 Å². The molecule has 4 aromatic rings. The van der Waals surface area contributed by atoms with Gasteiger partial charge in [-0.05, 0) is 56.4 Å². The lowest BCUT2D eigenvalue weighted by molar-refractivity contribution is 0.403. The SMILES string of the molecule is COc1ccc(OC)c(N2C(=S)N[C@H](c3ccccn3)[C@H]2c2cc(C)n(-n3cnnc3)c2C)c1. The molecule has 0 saturated carbocycles. The molecule has 0 amide bonds. The first kappa shape index (κ1) is 21.9. The van der Waals surface area contributed by atoms with Crippen molar-refractivity contribution in [2.75, 3.05) is 19.1 Å². The molecule has 9 nitrogen and oxygen atoms in total. The molecule has 174 valence electrons. The van der Waals surface area contributed by atoms with Crippen molar-refractivity contribution in [3.05, 3.63) is 84.0 Å². The number of hydrogen-bond donors (Lipinski definition) is 1. The highest BCUT2D eigenvalue weighted by molar-refractivity contribution is 7.80. The van der Waals surface area contributed by atoms with Gasteiger partial charge in [0.05, 0.1) is 37.7 Å². The average molecular weight is 476 g/mol. The number of anilines is 1. The Kier molecular flexibility index (Phi) is 5.66. The Morgan fingerprint density at radius 2 is 1.79 bits per heavy atom. The van der Waals surface area contributed by atoms with Crippen molar-refractivity contribution in [2.24, 2.45) is 0 Å². The van der Waals surface area contributed by atoms with Gasteiger partial charge in [0, 0.05) is 29.2 Å². The molecule has 2 atom stereocenters. The number of nitrogens with one attached hydrogen (secondary N) is 1. The van der Waals surface area contributed by atoms with Crippen LogP contribution < -0.4 is 19.7 Å². The first-order chi connectivity index (χ1) is 16.5. The predicted octanol–water partition coefficient (Wildman–Crippen LogP) is 3.60. The Bertz CT molecular complexity index is 1320. The Labute approximate surface area is 202 Å². The van der Waals surface area contributed by atoms with E-state index in [2.05, 4.69) is 50.0 Å². The van der Waals surface area contributed by atoms with Crippen LogP contribution in [0.2, 0.25) is 0 Å². The number of nitrogens with zero attached hydrogens (tertiary/aromatic N) is 6. The van der Waals surface area contributed by atoms with E-state index >= 15 is 0 Å². The molecule has 1 fully saturated rings. The zero-order chi connectivity index (χ0) is 23.8. The first-order valence-electron chi connectivity index (χ1n) is 10.8. The van der Waals surface area contributed by atoms with Crippen molar-refractivity contribution in [2.45, 2.75) is 25.9 Å². The molecule has 0 radical (unpaired) electrons. The lowest BCUT2D eigenvalue weighted by Crippen LogP contribution is -2.30. The topological polar surface area (TPSA) is 82.3 Å². The summed E-state index contributed by atoms with van der Waals surface area (Å²) < 4.78 is 15.2. The van der Waals surface area contributed by atoms with E-state index in [1.54, 1.807) is 33.1 Å². The van der Waals surface area contributed by atoms with Gasteiger partial charge in [0.2, 0.25) is 0 Å². The summed E-state index contributed by atoms with van der Waals surface area (Å²) in [6.45, 7) is 4.14. The summed E-state index contributed by atoms with van der Waals surface area (Å²) in [5.41, 5.74) is 4.90. The molecule has 0 aliphatic carbocycles. The number of ether oxygens (including phenoxy) is 2. The van der Waals surface area contributed by atoms with Crippen molar-refractivity contribution in [1.29, 1.82) is 0 Å². The van der Waals surface area contributed by atoms with Crippen molar-refractivity contribution >= 4 is 23.0 Å². The monoisotopic (exact) mass is 475 g/mol. The molecule has 10 heteroatoms. The maximum absolute atomic E-state index is 5.88. The second kappa shape index (κ2) is 8.79. The molecule has 5 rings (SSSR count). The zero-order valence-electron chi connectivity index (χ0n) is 19.3. The standard InChI is InChI=1S/C24H25N7O2S/c1-15-11-18(16(2)31(15)29-13-26-27-14-29)23-22(19-7-5-6-10-25-19)28-24(34)30(23)20-12-17(32-3)8-9-21(20)33-4/h5-14,22-23H,1-4H3,(H,28,34)/t22-,23-/m1/s1. The summed E-state index contributed by atoms with van der Waals surface area (Å²) >= 11 is 5.88. The number of aromatic nitrogens is 5. The Balaban J connectivity index is 1.72. The van der Waals surface area contributed by atoms with Crippen LogP contribution in [0.3, 0.4) is 0 Å².